The number of nitrogens with two attached hydrogens (primary N) is 1. The maximum absolute atomic E-state index is 12.4. The molecular weight excluding hydrogens is 296 g/mol. The van der Waals surface area contributed by atoms with Crippen molar-refractivity contribution in [2.75, 3.05) is 5.32 Å². The van der Waals surface area contributed by atoms with Crippen LogP contribution in [0.4, 0.5) is 5.00 Å². The Hall–Kier alpha value is -2.14. The van der Waals surface area contributed by atoms with Crippen LogP contribution in [0.1, 0.15) is 56.5 Å². The van der Waals surface area contributed by atoms with Gasteiger partial charge >= 0.3 is 0 Å². The number of carbonyl (C=O) groups is 2. The molecule has 2 amide bonds. The Morgan fingerprint density at radius 1 is 1.14 bits per heavy atom. The van der Waals surface area contributed by atoms with Gasteiger partial charge in [-0.05, 0) is 37.5 Å². The number of amides is 2. The van der Waals surface area contributed by atoms with Crippen molar-refractivity contribution in [3.63, 3.8) is 0 Å². The lowest BCUT2D eigenvalue weighted by atomic mass is 10.1. The number of aryl methyl sites for hydroxylation is 2. The fourth-order valence-corrected chi connectivity index (χ4v) is 3.27. The maximum atomic E-state index is 12.4. The first-order chi connectivity index (χ1) is 10.3. The first-order valence-electron chi connectivity index (χ1n) is 7.11. The van der Waals surface area contributed by atoms with Crippen LogP contribution in [0.5, 0.6) is 0 Å². The zero-order chi connectivity index (χ0) is 16.4. The van der Waals surface area contributed by atoms with Gasteiger partial charge in [0.15, 0.2) is 0 Å². The van der Waals surface area contributed by atoms with E-state index < -0.39 is 5.91 Å². The van der Waals surface area contributed by atoms with Crippen molar-refractivity contribution in [3.8, 4) is 0 Å². The van der Waals surface area contributed by atoms with Crippen LogP contribution in [-0.2, 0) is 0 Å². The molecule has 0 bridgehead atoms. The van der Waals surface area contributed by atoms with Crippen molar-refractivity contribution >= 4 is 28.2 Å². The van der Waals surface area contributed by atoms with Crippen molar-refractivity contribution < 1.29 is 9.59 Å². The lowest BCUT2D eigenvalue weighted by Crippen LogP contribution is -2.17. The zero-order valence-electron chi connectivity index (χ0n) is 13.2. The van der Waals surface area contributed by atoms with Crippen LogP contribution in [0.3, 0.4) is 0 Å². The predicted molar refractivity (Wildman–Crippen MR) is 90.8 cm³/mol. The van der Waals surface area contributed by atoms with Gasteiger partial charge in [0, 0.05) is 10.4 Å². The molecule has 22 heavy (non-hydrogen) atoms. The number of anilines is 1. The fourth-order valence-electron chi connectivity index (χ4n) is 2.21. The first-order valence-corrected chi connectivity index (χ1v) is 7.93. The van der Waals surface area contributed by atoms with Gasteiger partial charge in [0.25, 0.3) is 11.8 Å². The van der Waals surface area contributed by atoms with Crippen LogP contribution in [0, 0.1) is 13.8 Å². The van der Waals surface area contributed by atoms with Crippen LogP contribution >= 0.6 is 11.3 Å². The number of hydrogen-bond acceptors (Lipinski definition) is 3. The summed E-state index contributed by atoms with van der Waals surface area (Å²) in [4.78, 5) is 25.0. The van der Waals surface area contributed by atoms with E-state index >= 15 is 0 Å². The third-order valence-corrected chi connectivity index (χ3v) is 4.79. The van der Waals surface area contributed by atoms with Crippen LogP contribution < -0.4 is 11.1 Å². The van der Waals surface area contributed by atoms with E-state index in [-0.39, 0.29) is 11.8 Å². The Kier molecular flexibility index (Phi) is 4.66. The standard InChI is InChI=1S/C17H20N2O2S/c1-9(2)14-8-13(15(18)20)17(22-14)19-16(21)12-6-5-10(3)7-11(12)4/h5-9H,1-4H3,(H2,18,20)(H,19,21). The van der Waals surface area contributed by atoms with Crippen LogP contribution in [0.25, 0.3) is 0 Å². The molecule has 4 nitrogen and oxygen atoms in total. The number of thiophene rings is 1. The van der Waals surface area contributed by atoms with Crippen molar-refractivity contribution in [1.82, 2.24) is 0 Å². The molecule has 0 fully saturated rings. The second-order valence-corrected chi connectivity index (χ2v) is 6.77. The summed E-state index contributed by atoms with van der Waals surface area (Å²) in [6.07, 6.45) is 0. The first kappa shape index (κ1) is 16.2. The molecule has 1 aromatic heterocycles. The maximum Gasteiger partial charge on any atom is 0.256 e. The molecule has 0 unspecified atom stereocenters. The second-order valence-electron chi connectivity index (χ2n) is 5.68. The van der Waals surface area contributed by atoms with Gasteiger partial charge in [0.2, 0.25) is 0 Å². The van der Waals surface area contributed by atoms with Gasteiger partial charge in [-0.25, -0.2) is 0 Å². The van der Waals surface area contributed by atoms with Crippen molar-refractivity contribution in [2.24, 2.45) is 5.73 Å². The minimum absolute atomic E-state index is 0.225. The van der Waals surface area contributed by atoms with Crippen LogP contribution in [-0.4, -0.2) is 11.8 Å². The van der Waals surface area contributed by atoms with E-state index in [0.29, 0.717) is 16.1 Å². The fraction of sp³-hybridized carbons (Fsp3) is 0.294. The third kappa shape index (κ3) is 3.36. The molecule has 2 rings (SSSR count). The van der Waals surface area contributed by atoms with E-state index in [9.17, 15) is 9.59 Å². The second kappa shape index (κ2) is 6.32. The highest BCUT2D eigenvalue weighted by Crippen LogP contribution is 2.33. The summed E-state index contributed by atoms with van der Waals surface area (Å²) in [6.45, 7) is 7.94. The molecule has 0 atom stereocenters. The quantitative estimate of drug-likeness (QED) is 0.899. The van der Waals surface area contributed by atoms with Crippen molar-refractivity contribution in [2.45, 2.75) is 33.6 Å². The minimum atomic E-state index is -0.529. The number of carbonyl (C=O) groups excluding carboxylic acids is 2. The molecule has 0 saturated carbocycles. The van der Waals surface area contributed by atoms with Gasteiger partial charge in [-0.1, -0.05) is 31.5 Å². The van der Waals surface area contributed by atoms with E-state index in [1.54, 1.807) is 12.1 Å². The summed E-state index contributed by atoms with van der Waals surface area (Å²) >= 11 is 1.40. The Balaban J connectivity index is 2.33. The van der Waals surface area contributed by atoms with Gasteiger partial charge in [-0.2, -0.15) is 0 Å². The van der Waals surface area contributed by atoms with Gasteiger partial charge in [0.05, 0.1) is 5.56 Å². The van der Waals surface area contributed by atoms with Crippen LogP contribution in [0.15, 0.2) is 24.3 Å². The Morgan fingerprint density at radius 3 is 2.36 bits per heavy atom. The molecule has 3 N–H and O–H groups in total. The van der Waals surface area contributed by atoms with E-state index in [0.717, 1.165) is 16.0 Å². The number of hydrogen-bond donors (Lipinski definition) is 2. The Morgan fingerprint density at radius 2 is 1.82 bits per heavy atom. The largest absolute Gasteiger partial charge is 0.366 e. The Bertz CT molecular complexity index is 732. The number of benzene rings is 1. The number of primary amides is 1. The summed E-state index contributed by atoms with van der Waals surface area (Å²) in [5, 5.41) is 3.34. The highest BCUT2D eigenvalue weighted by molar-refractivity contribution is 7.16. The lowest BCUT2D eigenvalue weighted by Gasteiger charge is -2.08. The molecule has 1 aromatic carbocycles. The summed E-state index contributed by atoms with van der Waals surface area (Å²) in [7, 11) is 0. The SMILES string of the molecule is Cc1ccc(C(=O)Nc2sc(C(C)C)cc2C(N)=O)c(C)c1. The molecule has 116 valence electrons. The lowest BCUT2D eigenvalue weighted by molar-refractivity contribution is 0.100. The molecule has 0 spiro atoms. The topological polar surface area (TPSA) is 72.2 Å². The van der Waals surface area contributed by atoms with E-state index in [1.165, 1.54) is 11.3 Å². The van der Waals surface area contributed by atoms with Crippen molar-refractivity contribution in [3.05, 3.63) is 51.4 Å². The summed E-state index contributed by atoms with van der Waals surface area (Å²) in [5.41, 5.74) is 8.38. The average molecular weight is 316 g/mol. The smallest absolute Gasteiger partial charge is 0.256 e. The van der Waals surface area contributed by atoms with Gasteiger partial charge in [-0.15, -0.1) is 11.3 Å². The Labute approximate surface area is 134 Å². The van der Waals surface area contributed by atoms with Gasteiger partial charge in [0.1, 0.15) is 5.00 Å². The van der Waals surface area contributed by atoms with E-state index in [1.807, 2.05) is 39.8 Å². The molecule has 0 aliphatic rings. The molecule has 0 saturated heterocycles. The highest BCUT2D eigenvalue weighted by atomic mass is 32.1. The highest BCUT2D eigenvalue weighted by Gasteiger charge is 2.18. The summed E-state index contributed by atoms with van der Waals surface area (Å²) < 4.78 is 0. The summed E-state index contributed by atoms with van der Waals surface area (Å²) in [6, 6.07) is 7.40. The van der Waals surface area contributed by atoms with E-state index in [2.05, 4.69) is 5.32 Å². The molecule has 0 radical (unpaired) electrons. The van der Waals surface area contributed by atoms with E-state index in [4.69, 9.17) is 5.73 Å². The molecular formula is C17H20N2O2S. The summed E-state index contributed by atoms with van der Waals surface area (Å²) in [5.74, 6) is -0.480. The van der Waals surface area contributed by atoms with Crippen LogP contribution in [0.2, 0.25) is 0 Å². The third-order valence-electron chi connectivity index (χ3n) is 3.44. The van der Waals surface area contributed by atoms with Crippen molar-refractivity contribution in [1.29, 1.82) is 0 Å². The predicted octanol–water partition coefficient (Wildman–Crippen LogP) is 3.84. The molecule has 5 heteroatoms. The number of nitrogens with one attached hydrogen (secondary N) is 1. The monoisotopic (exact) mass is 316 g/mol. The van der Waals surface area contributed by atoms with Gasteiger partial charge < -0.3 is 11.1 Å². The minimum Gasteiger partial charge on any atom is -0.366 e. The molecule has 0 aliphatic heterocycles. The van der Waals surface area contributed by atoms with Gasteiger partial charge in [-0.3, -0.25) is 9.59 Å². The molecule has 1 heterocycles. The average Bonchev–Trinajstić information content (AvgIpc) is 2.82. The molecule has 2 aromatic rings. The molecule has 0 aliphatic carbocycles. The normalized spacial score (nSPS) is 10.8. The number of rotatable bonds is 4. The zero-order valence-corrected chi connectivity index (χ0v) is 14.0.